The fourth-order valence-electron chi connectivity index (χ4n) is 1.74. The lowest BCUT2D eigenvalue weighted by molar-refractivity contribution is 0.287. The molecular weight excluding hydrogens is 314 g/mol. The zero-order valence-electron chi connectivity index (χ0n) is 11.7. The summed E-state index contributed by atoms with van der Waals surface area (Å²) in [6.07, 6.45) is 1.30. The number of aromatic amines is 1. The maximum absolute atomic E-state index is 12.3. The van der Waals surface area contributed by atoms with Gasteiger partial charge in [0, 0.05) is 18.6 Å². The molecule has 0 saturated heterocycles. The number of rotatable bonds is 6. The minimum atomic E-state index is -3.56. The lowest BCUT2D eigenvalue weighted by Gasteiger charge is -2.17. The highest BCUT2D eigenvalue weighted by molar-refractivity contribution is 7.89. The Morgan fingerprint density at radius 2 is 2.19 bits per heavy atom. The third-order valence-electron chi connectivity index (χ3n) is 2.94. The number of benzene rings is 1. The number of halogens is 1. The summed E-state index contributed by atoms with van der Waals surface area (Å²) in [6, 6.07) is 6.95. The van der Waals surface area contributed by atoms with Gasteiger partial charge >= 0.3 is 0 Å². The van der Waals surface area contributed by atoms with Crippen LogP contribution in [-0.4, -0.2) is 43.1 Å². The van der Waals surface area contributed by atoms with E-state index < -0.39 is 10.0 Å². The van der Waals surface area contributed by atoms with Crippen LogP contribution in [0.25, 0.3) is 0 Å². The number of sulfonamides is 1. The SMILES string of the molecule is Cc1[nH]ncc1S(=O)(=O)N(C)CCOc1cccc(Cl)c1. The van der Waals surface area contributed by atoms with Gasteiger partial charge in [0.25, 0.3) is 0 Å². The van der Waals surface area contributed by atoms with Gasteiger partial charge < -0.3 is 4.74 Å². The monoisotopic (exact) mass is 329 g/mol. The Bertz CT molecular complexity index is 715. The van der Waals surface area contributed by atoms with Crippen LogP contribution in [0.2, 0.25) is 5.02 Å². The van der Waals surface area contributed by atoms with Gasteiger partial charge in [0.2, 0.25) is 10.0 Å². The zero-order valence-corrected chi connectivity index (χ0v) is 13.3. The molecule has 0 radical (unpaired) electrons. The molecule has 0 aliphatic heterocycles. The minimum absolute atomic E-state index is 0.174. The summed E-state index contributed by atoms with van der Waals surface area (Å²) in [4.78, 5) is 0.174. The quantitative estimate of drug-likeness (QED) is 0.880. The standard InChI is InChI=1S/C13H16ClN3O3S/c1-10-13(9-15-16-10)21(18,19)17(2)6-7-20-12-5-3-4-11(14)8-12/h3-5,8-9H,6-7H2,1-2H3,(H,15,16). The summed E-state index contributed by atoms with van der Waals surface area (Å²) in [5.41, 5.74) is 0.512. The number of aromatic nitrogens is 2. The highest BCUT2D eigenvalue weighted by atomic mass is 35.5. The van der Waals surface area contributed by atoms with Crippen LogP contribution in [-0.2, 0) is 10.0 Å². The molecule has 1 aromatic carbocycles. The van der Waals surface area contributed by atoms with E-state index in [0.29, 0.717) is 16.5 Å². The van der Waals surface area contributed by atoms with Crippen LogP contribution in [0, 0.1) is 6.92 Å². The first-order valence-electron chi connectivity index (χ1n) is 6.26. The zero-order chi connectivity index (χ0) is 15.5. The maximum atomic E-state index is 12.3. The second-order valence-electron chi connectivity index (χ2n) is 4.49. The molecule has 114 valence electrons. The van der Waals surface area contributed by atoms with E-state index in [-0.39, 0.29) is 18.0 Å². The first-order chi connectivity index (χ1) is 9.91. The summed E-state index contributed by atoms with van der Waals surface area (Å²) in [7, 11) is -2.05. The van der Waals surface area contributed by atoms with Gasteiger partial charge in [-0.15, -0.1) is 0 Å². The number of likely N-dealkylation sites (N-methyl/N-ethyl adjacent to an activating group) is 1. The van der Waals surface area contributed by atoms with Crippen molar-refractivity contribution in [1.29, 1.82) is 0 Å². The van der Waals surface area contributed by atoms with Crippen LogP contribution in [0.15, 0.2) is 35.4 Å². The van der Waals surface area contributed by atoms with E-state index in [9.17, 15) is 8.42 Å². The van der Waals surface area contributed by atoms with E-state index in [1.165, 1.54) is 17.5 Å². The van der Waals surface area contributed by atoms with E-state index in [1.54, 1.807) is 31.2 Å². The van der Waals surface area contributed by atoms with E-state index in [0.717, 1.165) is 0 Å². The van der Waals surface area contributed by atoms with Crippen LogP contribution in [0.1, 0.15) is 5.69 Å². The van der Waals surface area contributed by atoms with Gasteiger partial charge in [0.05, 0.1) is 11.9 Å². The molecule has 21 heavy (non-hydrogen) atoms. The van der Waals surface area contributed by atoms with Crippen molar-refractivity contribution < 1.29 is 13.2 Å². The fourth-order valence-corrected chi connectivity index (χ4v) is 3.19. The van der Waals surface area contributed by atoms with E-state index in [2.05, 4.69) is 10.2 Å². The Balaban J connectivity index is 1.96. The molecule has 1 N–H and O–H groups in total. The lowest BCUT2D eigenvalue weighted by atomic mass is 10.3. The van der Waals surface area contributed by atoms with Gasteiger partial charge in [-0.2, -0.15) is 9.40 Å². The van der Waals surface area contributed by atoms with Crippen LogP contribution < -0.4 is 4.74 Å². The van der Waals surface area contributed by atoms with Crippen LogP contribution in [0.4, 0.5) is 0 Å². The molecule has 0 fully saturated rings. The van der Waals surface area contributed by atoms with Crippen LogP contribution >= 0.6 is 11.6 Å². The normalized spacial score (nSPS) is 11.8. The number of aryl methyl sites for hydroxylation is 1. The minimum Gasteiger partial charge on any atom is -0.492 e. The number of H-pyrrole nitrogens is 1. The Morgan fingerprint density at radius 3 is 2.81 bits per heavy atom. The number of ether oxygens (including phenoxy) is 1. The van der Waals surface area contributed by atoms with Gasteiger partial charge in [-0.25, -0.2) is 8.42 Å². The average molecular weight is 330 g/mol. The smallest absolute Gasteiger partial charge is 0.246 e. The molecule has 0 aliphatic rings. The van der Waals surface area contributed by atoms with Crippen molar-refractivity contribution in [2.24, 2.45) is 0 Å². The lowest BCUT2D eigenvalue weighted by Crippen LogP contribution is -2.31. The third-order valence-corrected chi connectivity index (χ3v) is 5.15. The van der Waals surface area contributed by atoms with Crippen molar-refractivity contribution in [2.75, 3.05) is 20.2 Å². The second-order valence-corrected chi connectivity index (χ2v) is 6.94. The van der Waals surface area contributed by atoms with Crippen molar-refractivity contribution in [2.45, 2.75) is 11.8 Å². The molecule has 0 unspecified atom stereocenters. The summed E-state index contributed by atoms with van der Waals surface area (Å²) >= 11 is 5.85. The highest BCUT2D eigenvalue weighted by Gasteiger charge is 2.23. The largest absolute Gasteiger partial charge is 0.492 e. The van der Waals surface area contributed by atoms with E-state index in [1.807, 2.05) is 0 Å². The topological polar surface area (TPSA) is 75.3 Å². The molecule has 0 spiro atoms. The second kappa shape index (κ2) is 6.46. The molecule has 0 aliphatic carbocycles. The predicted octanol–water partition coefficient (Wildman–Crippen LogP) is 2.07. The average Bonchev–Trinajstić information content (AvgIpc) is 2.85. The summed E-state index contributed by atoms with van der Waals surface area (Å²) in [6.45, 7) is 2.11. The maximum Gasteiger partial charge on any atom is 0.246 e. The molecule has 2 aromatic rings. The number of nitrogens with zero attached hydrogens (tertiary/aromatic N) is 2. The van der Waals surface area contributed by atoms with E-state index in [4.69, 9.17) is 16.3 Å². The number of hydrogen-bond donors (Lipinski definition) is 1. The summed E-state index contributed by atoms with van der Waals surface area (Å²) in [5, 5.41) is 6.92. The Hall–Kier alpha value is -1.57. The fraction of sp³-hybridized carbons (Fsp3) is 0.308. The van der Waals surface area contributed by atoms with Gasteiger partial charge in [-0.1, -0.05) is 17.7 Å². The van der Waals surface area contributed by atoms with Crippen LogP contribution in [0.5, 0.6) is 5.75 Å². The Labute approximate surface area is 128 Å². The molecule has 1 aromatic heterocycles. The number of nitrogens with one attached hydrogen (secondary N) is 1. The van der Waals surface area contributed by atoms with Crippen LogP contribution in [0.3, 0.4) is 0 Å². The molecule has 0 atom stereocenters. The van der Waals surface area contributed by atoms with Gasteiger partial charge in [-0.05, 0) is 25.1 Å². The Morgan fingerprint density at radius 1 is 1.43 bits per heavy atom. The summed E-state index contributed by atoms with van der Waals surface area (Å²) < 4.78 is 31.3. The van der Waals surface area contributed by atoms with E-state index >= 15 is 0 Å². The van der Waals surface area contributed by atoms with Gasteiger partial charge in [0.15, 0.2) is 0 Å². The first-order valence-corrected chi connectivity index (χ1v) is 8.08. The van der Waals surface area contributed by atoms with Crippen molar-refractivity contribution in [1.82, 2.24) is 14.5 Å². The van der Waals surface area contributed by atoms with Gasteiger partial charge in [-0.3, -0.25) is 5.10 Å². The molecule has 6 nitrogen and oxygen atoms in total. The molecule has 0 amide bonds. The predicted molar refractivity (Wildman–Crippen MR) is 80.1 cm³/mol. The Kier molecular flexibility index (Phi) is 4.87. The molecule has 2 rings (SSSR count). The molecule has 1 heterocycles. The molecule has 0 saturated carbocycles. The molecule has 8 heteroatoms. The highest BCUT2D eigenvalue weighted by Crippen LogP contribution is 2.18. The third kappa shape index (κ3) is 3.75. The van der Waals surface area contributed by atoms with Crippen molar-refractivity contribution >= 4 is 21.6 Å². The van der Waals surface area contributed by atoms with Gasteiger partial charge in [0.1, 0.15) is 17.3 Å². The molecular formula is C13H16ClN3O3S. The van der Waals surface area contributed by atoms with Crippen molar-refractivity contribution in [3.8, 4) is 5.75 Å². The number of hydrogen-bond acceptors (Lipinski definition) is 4. The van der Waals surface area contributed by atoms with Crippen molar-refractivity contribution in [3.05, 3.63) is 41.2 Å². The van der Waals surface area contributed by atoms with Crippen molar-refractivity contribution in [3.63, 3.8) is 0 Å². The molecule has 0 bridgehead atoms. The summed E-state index contributed by atoms with van der Waals surface area (Å²) in [5.74, 6) is 0.604. The first kappa shape index (κ1) is 15.8.